The van der Waals surface area contributed by atoms with Crippen LogP contribution < -0.4 is 16.0 Å². The summed E-state index contributed by atoms with van der Waals surface area (Å²) in [5.41, 5.74) is 0.562. The van der Waals surface area contributed by atoms with Crippen LogP contribution in [0.2, 0.25) is 5.02 Å². The molecule has 32 heavy (non-hydrogen) atoms. The summed E-state index contributed by atoms with van der Waals surface area (Å²) in [5, 5.41) is 9.11. The fourth-order valence-electron chi connectivity index (χ4n) is 3.48. The molecule has 1 fully saturated rings. The number of carbonyl (C=O) groups is 3. The van der Waals surface area contributed by atoms with Gasteiger partial charge in [0.2, 0.25) is 11.8 Å². The van der Waals surface area contributed by atoms with E-state index in [0.717, 1.165) is 31.4 Å². The Kier molecular flexibility index (Phi) is 10.3. The monoisotopic (exact) mass is 466 g/mol. The molecule has 0 spiro atoms. The molecule has 2 rings (SSSR count). The van der Waals surface area contributed by atoms with E-state index >= 15 is 0 Å². The van der Waals surface area contributed by atoms with Gasteiger partial charge in [-0.25, -0.2) is 4.79 Å². The Balaban J connectivity index is 1.63. The summed E-state index contributed by atoms with van der Waals surface area (Å²) in [6, 6.07) is 7.58. The van der Waals surface area contributed by atoms with Crippen molar-refractivity contribution < 1.29 is 19.1 Å². The van der Waals surface area contributed by atoms with E-state index < -0.39 is 11.7 Å². The predicted molar refractivity (Wildman–Crippen MR) is 125 cm³/mol. The van der Waals surface area contributed by atoms with Gasteiger partial charge in [-0.05, 0) is 64.3 Å². The van der Waals surface area contributed by atoms with Crippen molar-refractivity contribution in [3.05, 3.63) is 34.9 Å². The van der Waals surface area contributed by atoms with Gasteiger partial charge in [0.1, 0.15) is 5.60 Å². The first-order chi connectivity index (χ1) is 15.1. The molecule has 0 aromatic heterocycles. The molecule has 9 heteroatoms. The molecule has 0 radical (unpaired) electrons. The third-order valence-electron chi connectivity index (χ3n) is 4.99. The number of hydrogen-bond donors (Lipinski definition) is 3. The molecule has 0 bridgehead atoms. The van der Waals surface area contributed by atoms with E-state index in [0.29, 0.717) is 31.2 Å². The van der Waals surface area contributed by atoms with E-state index in [4.69, 9.17) is 16.3 Å². The van der Waals surface area contributed by atoms with E-state index in [1.807, 2.05) is 29.2 Å². The lowest BCUT2D eigenvalue weighted by atomic mass is 9.97. The van der Waals surface area contributed by atoms with Crippen molar-refractivity contribution in [3.63, 3.8) is 0 Å². The van der Waals surface area contributed by atoms with Crippen LogP contribution in [0.1, 0.15) is 39.2 Å². The number of benzene rings is 1. The van der Waals surface area contributed by atoms with Gasteiger partial charge >= 0.3 is 6.09 Å². The van der Waals surface area contributed by atoms with Crippen molar-refractivity contribution in [1.82, 2.24) is 20.9 Å². The molecule has 1 saturated heterocycles. The zero-order chi connectivity index (χ0) is 23.6. The van der Waals surface area contributed by atoms with Gasteiger partial charge in [-0.1, -0.05) is 23.7 Å². The van der Waals surface area contributed by atoms with E-state index in [9.17, 15) is 14.4 Å². The Morgan fingerprint density at radius 1 is 1.06 bits per heavy atom. The van der Waals surface area contributed by atoms with Gasteiger partial charge in [-0.2, -0.15) is 0 Å². The number of hydrogen-bond acceptors (Lipinski definition) is 5. The highest BCUT2D eigenvalue weighted by atomic mass is 35.5. The number of nitrogens with zero attached hydrogens (tertiary/aromatic N) is 1. The largest absolute Gasteiger partial charge is 0.444 e. The highest BCUT2D eigenvalue weighted by molar-refractivity contribution is 6.30. The Morgan fingerprint density at radius 2 is 1.75 bits per heavy atom. The van der Waals surface area contributed by atoms with Crippen molar-refractivity contribution in [1.29, 1.82) is 0 Å². The Bertz CT molecular complexity index is 764. The smallest absolute Gasteiger partial charge is 0.407 e. The summed E-state index contributed by atoms with van der Waals surface area (Å²) in [5.74, 6) is -0.252. The van der Waals surface area contributed by atoms with Crippen molar-refractivity contribution in [3.8, 4) is 0 Å². The molecule has 1 aromatic rings. The SMILES string of the molecule is CC(C)(C)OC(=O)NCCNC(=O)C1CCCN(CC(=O)NCCc2ccc(Cl)cc2)C1. The van der Waals surface area contributed by atoms with Crippen LogP contribution in [-0.2, 0) is 20.7 Å². The minimum absolute atomic E-state index is 0.0402. The van der Waals surface area contributed by atoms with Crippen LogP contribution in [0.4, 0.5) is 4.79 Å². The van der Waals surface area contributed by atoms with Gasteiger partial charge in [-0.15, -0.1) is 0 Å². The summed E-state index contributed by atoms with van der Waals surface area (Å²) < 4.78 is 5.16. The Labute approximate surface area is 195 Å². The minimum Gasteiger partial charge on any atom is -0.444 e. The molecule has 1 atom stereocenters. The van der Waals surface area contributed by atoms with Gasteiger partial charge in [-0.3, -0.25) is 14.5 Å². The highest BCUT2D eigenvalue weighted by Crippen LogP contribution is 2.16. The van der Waals surface area contributed by atoms with Crippen LogP contribution in [0.5, 0.6) is 0 Å². The maximum atomic E-state index is 12.5. The molecule has 178 valence electrons. The zero-order valence-electron chi connectivity index (χ0n) is 19.2. The second-order valence-electron chi connectivity index (χ2n) is 9.02. The molecule has 8 nitrogen and oxygen atoms in total. The van der Waals surface area contributed by atoms with E-state index in [1.54, 1.807) is 20.8 Å². The number of amides is 3. The number of rotatable bonds is 9. The van der Waals surface area contributed by atoms with Crippen LogP contribution in [0, 0.1) is 5.92 Å². The minimum atomic E-state index is -0.555. The number of nitrogens with one attached hydrogen (secondary N) is 3. The summed E-state index contributed by atoms with van der Waals surface area (Å²) in [7, 11) is 0. The first-order valence-electron chi connectivity index (χ1n) is 11.1. The van der Waals surface area contributed by atoms with Crippen LogP contribution in [0.3, 0.4) is 0 Å². The van der Waals surface area contributed by atoms with Crippen LogP contribution >= 0.6 is 11.6 Å². The number of ether oxygens (including phenoxy) is 1. The number of piperidine rings is 1. The molecule has 1 aliphatic heterocycles. The lowest BCUT2D eigenvalue weighted by Crippen LogP contribution is -2.47. The van der Waals surface area contributed by atoms with Crippen LogP contribution in [-0.4, -0.2) is 67.7 Å². The summed E-state index contributed by atoms with van der Waals surface area (Å²) in [6.45, 7) is 8.21. The molecular formula is C23H35ClN4O4. The summed E-state index contributed by atoms with van der Waals surface area (Å²) >= 11 is 5.88. The number of alkyl carbamates (subject to hydrolysis) is 1. The normalized spacial score (nSPS) is 16.8. The second kappa shape index (κ2) is 12.6. The Morgan fingerprint density at radius 3 is 2.44 bits per heavy atom. The lowest BCUT2D eigenvalue weighted by Gasteiger charge is -2.31. The third-order valence-corrected chi connectivity index (χ3v) is 5.24. The molecule has 1 unspecified atom stereocenters. The standard InChI is InChI=1S/C23H35ClN4O4/c1-23(2,3)32-22(31)27-13-12-26-21(30)18-5-4-14-28(15-18)16-20(29)25-11-10-17-6-8-19(24)9-7-17/h6-9,18H,4-5,10-16H2,1-3H3,(H,25,29)(H,26,30)(H,27,31). The van der Waals surface area contributed by atoms with Gasteiger partial charge in [0.05, 0.1) is 12.5 Å². The van der Waals surface area contributed by atoms with E-state index in [2.05, 4.69) is 16.0 Å². The van der Waals surface area contributed by atoms with Gasteiger partial charge < -0.3 is 20.7 Å². The molecule has 0 aliphatic carbocycles. The van der Waals surface area contributed by atoms with Crippen LogP contribution in [0.15, 0.2) is 24.3 Å². The predicted octanol–water partition coefficient (Wildman–Crippen LogP) is 2.35. The first-order valence-corrected chi connectivity index (χ1v) is 11.5. The highest BCUT2D eigenvalue weighted by Gasteiger charge is 2.26. The average Bonchev–Trinajstić information content (AvgIpc) is 2.71. The molecule has 1 aliphatic rings. The van der Waals surface area contributed by atoms with Gasteiger partial charge in [0, 0.05) is 31.2 Å². The fraction of sp³-hybridized carbons (Fsp3) is 0.609. The quantitative estimate of drug-likeness (QED) is 0.485. The molecule has 1 heterocycles. The fourth-order valence-corrected chi connectivity index (χ4v) is 3.60. The van der Waals surface area contributed by atoms with Gasteiger partial charge in [0.15, 0.2) is 0 Å². The van der Waals surface area contributed by atoms with Gasteiger partial charge in [0.25, 0.3) is 0 Å². The average molecular weight is 467 g/mol. The Hall–Kier alpha value is -2.32. The third kappa shape index (κ3) is 10.3. The van der Waals surface area contributed by atoms with Crippen molar-refractivity contribution in [2.24, 2.45) is 5.92 Å². The molecule has 1 aromatic carbocycles. The summed E-state index contributed by atoms with van der Waals surface area (Å²) in [6.07, 6.45) is 1.90. The van der Waals surface area contributed by atoms with E-state index in [-0.39, 0.29) is 24.3 Å². The number of carbonyl (C=O) groups excluding carboxylic acids is 3. The topological polar surface area (TPSA) is 99.8 Å². The van der Waals surface area contributed by atoms with Crippen LogP contribution in [0.25, 0.3) is 0 Å². The second-order valence-corrected chi connectivity index (χ2v) is 9.46. The molecule has 3 amide bonds. The maximum Gasteiger partial charge on any atom is 0.407 e. The van der Waals surface area contributed by atoms with Crippen molar-refractivity contribution in [2.45, 2.75) is 45.6 Å². The number of halogens is 1. The first kappa shape index (κ1) is 25.9. The maximum absolute atomic E-state index is 12.5. The molecule has 0 saturated carbocycles. The molecule has 3 N–H and O–H groups in total. The number of likely N-dealkylation sites (tertiary alicyclic amines) is 1. The van der Waals surface area contributed by atoms with Crippen molar-refractivity contribution in [2.75, 3.05) is 39.3 Å². The zero-order valence-corrected chi connectivity index (χ0v) is 20.0. The lowest BCUT2D eigenvalue weighted by molar-refractivity contribution is -0.128. The summed E-state index contributed by atoms with van der Waals surface area (Å²) in [4.78, 5) is 38.4. The van der Waals surface area contributed by atoms with E-state index in [1.165, 1.54) is 0 Å². The van der Waals surface area contributed by atoms with Crippen molar-refractivity contribution >= 4 is 29.5 Å². The molecular weight excluding hydrogens is 432 g/mol.